The zero-order chi connectivity index (χ0) is 17.9. The maximum atomic E-state index is 11.1. The normalized spacial score (nSPS) is 11.6. The van der Waals surface area contributed by atoms with Crippen molar-refractivity contribution in [1.29, 1.82) is 0 Å². The molecule has 24 heavy (non-hydrogen) atoms. The van der Waals surface area contributed by atoms with Crippen molar-refractivity contribution < 1.29 is 18.4 Å². The molecule has 11 heteroatoms. The van der Waals surface area contributed by atoms with Crippen LogP contribution in [0.1, 0.15) is 5.56 Å². The van der Waals surface area contributed by atoms with Gasteiger partial charge in [0.25, 0.3) is 5.69 Å². The Bertz CT molecular complexity index is 913. The summed E-state index contributed by atoms with van der Waals surface area (Å²) < 4.78 is 22.4. The number of nitrogens with two attached hydrogens (primary N) is 1. The predicted molar refractivity (Wildman–Crippen MR) is 91.5 cm³/mol. The van der Waals surface area contributed by atoms with Crippen LogP contribution in [0.4, 0.5) is 11.4 Å². The molecule has 2 aromatic rings. The zero-order valence-electron chi connectivity index (χ0n) is 11.9. The third-order valence-corrected chi connectivity index (χ3v) is 4.40. The Hall–Kier alpha value is -2.50. The van der Waals surface area contributed by atoms with Crippen molar-refractivity contribution in [3.05, 3.63) is 56.5 Å². The second kappa shape index (κ2) is 6.95. The van der Waals surface area contributed by atoms with E-state index in [2.05, 4.69) is 26.5 Å². The van der Waals surface area contributed by atoms with Gasteiger partial charge in [-0.3, -0.25) is 15.5 Å². The summed E-state index contributed by atoms with van der Waals surface area (Å²) >= 11 is 3.02. The summed E-state index contributed by atoms with van der Waals surface area (Å²) in [5, 5.41) is 29.5. The molecule has 2 rings (SSSR count). The lowest BCUT2D eigenvalue weighted by Crippen LogP contribution is -2.11. The van der Waals surface area contributed by atoms with Crippen LogP contribution in [0.5, 0.6) is 5.75 Å². The second-order valence-electron chi connectivity index (χ2n) is 4.56. The first-order valence-electron chi connectivity index (χ1n) is 6.27. The van der Waals surface area contributed by atoms with Gasteiger partial charge in [-0.05, 0) is 40.2 Å². The van der Waals surface area contributed by atoms with Gasteiger partial charge in [0.15, 0.2) is 0 Å². The first-order valence-corrected chi connectivity index (χ1v) is 8.61. The molecule has 9 nitrogen and oxygen atoms in total. The molecule has 0 amide bonds. The number of halogens is 1. The van der Waals surface area contributed by atoms with Crippen molar-refractivity contribution in [2.24, 2.45) is 10.2 Å². The maximum Gasteiger partial charge on any atom is 0.271 e. The first kappa shape index (κ1) is 17.8. The van der Waals surface area contributed by atoms with Crippen LogP contribution in [0.15, 0.2) is 50.9 Å². The van der Waals surface area contributed by atoms with Crippen molar-refractivity contribution in [3.63, 3.8) is 0 Å². The van der Waals surface area contributed by atoms with E-state index in [1.165, 1.54) is 36.5 Å². The number of hydrogen-bond donors (Lipinski definition) is 3. The highest BCUT2D eigenvalue weighted by Gasteiger charge is 2.13. The van der Waals surface area contributed by atoms with Gasteiger partial charge in [0, 0.05) is 17.7 Å². The fraction of sp³-hybridized carbons (Fsp3) is 0. The summed E-state index contributed by atoms with van der Waals surface area (Å²) in [7, 11) is -3.77. The monoisotopic (exact) mass is 414 g/mol. The van der Waals surface area contributed by atoms with E-state index < -0.39 is 14.9 Å². The lowest BCUT2D eigenvalue weighted by Gasteiger charge is -2.04. The standard InChI is InChI=1S/C13H11BrN4O5S/c14-12-6-10(18(20)21)5-8(13(12)19)7-16-17-9-1-3-11(4-2-9)24(15,22)23/h1-7,17,19H,(H2,15,22,23). The summed E-state index contributed by atoms with van der Waals surface area (Å²) in [5.41, 5.74) is 2.99. The predicted octanol–water partition coefficient (Wildman–Crippen LogP) is 2.16. The fourth-order valence-electron chi connectivity index (χ4n) is 1.70. The molecule has 0 aliphatic heterocycles. The number of sulfonamides is 1. The fourth-order valence-corrected chi connectivity index (χ4v) is 2.68. The Morgan fingerprint density at radius 3 is 2.46 bits per heavy atom. The van der Waals surface area contributed by atoms with Crippen molar-refractivity contribution in [2.75, 3.05) is 5.43 Å². The van der Waals surface area contributed by atoms with Gasteiger partial charge >= 0.3 is 0 Å². The summed E-state index contributed by atoms with van der Waals surface area (Å²) in [6.07, 6.45) is 1.20. The SMILES string of the molecule is NS(=O)(=O)c1ccc(NN=Cc2cc([N+](=O)[O-])cc(Br)c2O)cc1. The van der Waals surface area contributed by atoms with Crippen LogP contribution in [-0.4, -0.2) is 24.7 Å². The number of non-ortho nitro benzene ring substituents is 1. The molecule has 0 radical (unpaired) electrons. The molecule has 0 unspecified atom stereocenters. The molecular weight excluding hydrogens is 404 g/mol. The minimum Gasteiger partial charge on any atom is -0.506 e. The molecule has 0 aliphatic carbocycles. The smallest absolute Gasteiger partial charge is 0.271 e. The van der Waals surface area contributed by atoms with Gasteiger partial charge in [-0.1, -0.05) is 0 Å². The molecule has 0 aromatic heterocycles. The first-order chi connectivity index (χ1) is 11.2. The van der Waals surface area contributed by atoms with E-state index in [4.69, 9.17) is 5.14 Å². The maximum absolute atomic E-state index is 11.1. The average molecular weight is 415 g/mol. The van der Waals surface area contributed by atoms with E-state index in [0.717, 1.165) is 6.07 Å². The van der Waals surface area contributed by atoms with Crippen LogP contribution in [0, 0.1) is 10.1 Å². The van der Waals surface area contributed by atoms with E-state index in [1.807, 2.05) is 0 Å². The number of phenols is 1. The molecule has 0 saturated heterocycles. The van der Waals surface area contributed by atoms with Crippen LogP contribution in [0.2, 0.25) is 0 Å². The van der Waals surface area contributed by atoms with Gasteiger partial charge in [-0.25, -0.2) is 13.6 Å². The van der Waals surface area contributed by atoms with Crippen molar-refractivity contribution in [3.8, 4) is 5.75 Å². The third kappa shape index (κ3) is 4.28. The average Bonchev–Trinajstić information content (AvgIpc) is 2.50. The molecule has 0 saturated carbocycles. The molecule has 0 atom stereocenters. The largest absolute Gasteiger partial charge is 0.506 e. The summed E-state index contributed by atoms with van der Waals surface area (Å²) in [6, 6.07) is 7.82. The number of phenolic OH excluding ortho intramolecular Hbond substituents is 1. The van der Waals surface area contributed by atoms with Crippen LogP contribution >= 0.6 is 15.9 Å². The number of nitrogens with one attached hydrogen (secondary N) is 1. The molecule has 2 aromatic carbocycles. The van der Waals surface area contributed by atoms with Gasteiger partial charge in [0.05, 0.1) is 26.2 Å². The number of nitrogens with zero attached hydrogens (tertiary/aromatic N) is 2. The topological polar surface area (TPSA) is 148 Å². The van der Waals surface area contributed by atoms with E-state index in [1.54, 1.807) is 0 Å². The van der Waals surface area contributed by atoms with Gasteiger partial charge < -0.3 is 5.11 Å². The molecule has 0 spiro atoms. The Morgan fingerprint density at radius 2 is 1.92 bits per heavy atom. The van der Waals surface area contributed by atoms with E-state index in [0.29, 0.717) is 5.69 Å². The molecule has 0 bridgehead atoms. The van der Waals surface area contributed by atoms with Crippen LogP contribution in [0.3, 0.4) is 0 Å². The van der Waals surface area contributed by atoms with Gasteiger partial charge in [-0.2, -0.15) is 5.10 Å². The van der Waals surface area contributed by atoms with E-state index in [-0.39, 0.29) is 26.4 Å². The van der Waals surface area contributed by atoms with Gasteiger partial charge in [-0.15, -0.1) is 0 Å². The van der Waals surface area contributed by atoms with Crippen molar-refractivity contribution >= 4 is 43.5 Å². The molecular formula is C13H11BrN4O5S. The van der Waals surface area contributed by atoms with Crippen LogP contribution in [0.25, 0.3) is 0 Å². The number of primary sulfonamides is 1. The Morgan fingerprint density at radius 1 is 1.29 bits per heavy atom. The molecule has 0 heterocycles. The number of anilines is 1. The Labute approximate surface area is 145 Å². The van der Waals surface area contributed by atoms with Crippen molar-refractivity contribution in [2.45, 2.75) is 4.90 Å². The molecule has 0 aliphatic rings. The number of hydrogen-bond acceptors (Lipinski definition) is 7. The summed E-state index contributed by atoms with van der Waals surface area (Å²) in [6.45, 7) is 0. The van der Waals surface area contributed by atoms with E-state index >= 15 is 0 Å². The van der Waals surface area contributed by atoms with Gasteiger partial charge in [0.1, 0.15) is 5.75 Å². The van der Waals surface area contributed by atoms with E-state index in [9.17, 15) is 23.6 Å². The summed E-state index contributed by atoms with van der Waals surface area (Å²) in [5.74, 6) is -0.198. The highest BCUT2D eigenvalue weighted by atomic mass is 79.9. The summed E-state index contributed by atoms with van der Waals surface area (Å²) in [4.78, 5) is 10.2. The van der Waals surface area contributed by atoms with Crippen LogP contribution < -0.4 is 10.6 Å². The minimum atomic E-state index is -3.77. The number of aromatic hydroxyl groups is 1. The number of hydrazone groups is 1. The van der Waals surface area contributed by atoms with Crippen molar-refractivity contribution in [1.82, 2.24) is 0 Å². The zero-order valence-corrected chi connectivity index (χ0v) is 14.3. The minimum absolute atomic E-state index is 0.0442. The second-order valence-corrected chi connectivity index (χ2v) is 6.98. The molecule has 4 N–H and O–H groups in total. The molecule has 0 fully saturated rings. The third-order valence-electron chi connectivity index (χ3n) is 2.87. The Kier molecular flexibility index (Phi) is 5.17. The lowest BCUT2D eigenvalue weighted by atomic mass is 10.2. The highest BCUT2D eigenvalue weighted by Crippen LogP contribution is 2.31. The number of nitro benzene ring substituents is 1. The lowest BCUT2D eigenvalue weighted by molar-refractivity contribution is -0.385. The number of benzene rings is 2. The highest BCUT2D eigenvalue weighted by molar-refractivity contribution is 9.10. The van der Waals surface area contributed by atoms with Gasteiger partial charge in [0.2, 0.25) is 10.0 Å². The molecule has 126 valence electrons. The Balaban J connectivity index is 2.19. The number of nitro groups is 1. The van der Waals surface area contributed by atoms with Crippen LogP contribution in [-0.2, 0) is 10.0 Å². The quantitative estimate of drug-likeness (QED) is 0.387. The number of rotatable bonds is 5.